The third-order valence-corrected chi connectivity index (χ3v) is 2.18. The molecule has 2 rings (SSSR count). The summed E-state index contributed by atoms with van der Waals surface area (Å²) in [7, 11) is 0. The van der Waals surface area contributed by atoms with Crippen molar-refractivity contribution in [2.24, 2.45) is 5.84 Å². The molecular formula is C5H11ClN6. The van der Waals surface area contributed by atoms with Gasteiger partial charge in [0.15, 0.2) is 0 Å². The lowest BCUT2D eigenvalue weighted by molar-refractivity contribution is 0.360. The Bertz CT molecular complexity index is 216. The minimum atomic E-state index is -0.239. The maximum absolute atomic E-state index is 5.98. The van der Waals surface area contributed by atoms with Gasteiger partial charge in [0.2, 0.25) is 0 Å². The van der Waals surface area contributed by atoms with Crippen molar-refractivity contribution in [2.45, 2.75) is 11.8 Å². The minimum absolute atomic E-state index is 0.196. The molecule has 0 bridgehead atoms. The van der Waals surface area contributed by atoms with Gasteiger partial charge in [-0.3, -0.25) is 11.2 Å². The van der Waals surface area contributed by atoms with Crippen molar-refractivity contribution < 1.29 is 0 Å². The number of hydrogen-bond donors (Lipinski definition) is 6. The minimum Gasteiger partial charge on any atom is -0.366 e. The van der Waals surface area contributed by atoms with Gasteiger partial charge in [0, 0.05) is 0 Å². The summed E-state index contributed by atoms with van der Waals surface area (Å²) >= 11 is 5.98. The van der Waals surface area contributed by atoms with Crippen molar-refractivity contribution in [1.82, 2.24) is 26.7 Å². The van der Waals surface area contributed by atoms with Crippen LogP contribution < -0.4 is 32.5 Å². The summed E-state index contributed by atoms with van der Waals surface area (Å²) in [5.74, 6) is 6.14. The van der Waals surface area contributed by atoms with Crippen LogP contribution in [0.3, 0.4) is 0 Å². The predicted octanol–water partition coefficient (Wildman–Crippen LogP) is -2.19. The Morgan fingerprint density at radius 1 is 1.50 bits per heavy atom. The van der Waals surface area contributed by atoms with Gasteiger partial charge in [0.05, 0.1) is 12.4 Å². The molecule has 12 heavy (non-hydrogen) atoms. The van der Waals surface area contributed by atoms with Crippen molar-refractivity contribution in [3.05, 3.63) is 11.5 Å². The summed E-state index contributed by atoms with van der Waals surface area (Å²) in [6.07, 6.45) is -0.196. The van der Waals surface area contributed by atoms with Gasteiger partial charge in [-0.1, -0.05) is 11.6 Å². The molecule has 0 aromatic carbocycles. The van der Waals surface area contributed by atoms with Gasteiger partial charge in [0.1, 0.15) is 17.6 Å². The Morgan fingerprint density at radius 3 is 3.08 bits per heavy atom. The maximum Gasteiger partial charge on any atom is 0.147 e. The van der Waals surface area contributed by atoms with E-state index in [4.69, 9.17) is 17.4 Å². The van der Waals surface area contributed by atoms with E-state index in [2.05, 4.69) is 26.7 Å². The Balaban J connectivity index is 2.14. The molecule has 0 aliphatic carbocycles. The van der Waals surface area contributed by atoms with Crippen molar-refractivity contribution >= 4 is 11.6 Å². The Labute approximate surface area is 74.9 Å². The lowest BCUT2D eigenvalue weighted by atomic mass is 10.3. The van der Waals surface area contributed by atoms with Gasteiger partial charge in [-0.05, 0) is 0 Å². The Hall–Kier alpha value is -0.690. The number of hydrogen-bond acceptors (Lipinski definition) is 6. The van der Waals surface area contributed by atoms with Gasteiger partial charge in [-0.15, -0.1) is 0 Å². The quantitative estimate of drug-likeness (QED) is 0.122. The number of nitrogens with two attached hydrogens (primary N) is 1. The van der Waals surface area contributed by atoms with E-state index in [-0.39, 0.29) is 11.8 Å². The smallest absolute Gasteiger partial charge is 0.147 e. The zero-order chi connectivity index (χ0) is 8.55. The van der Waals surface area contributed by atoms with Crippen LogP contribution in [0.1, 0.15) is 0 Å². The number of nitrogens with one attached hydrogen (secondary N) is 5. The number of hydrazine groups is 1. The molecule has 68 valence electrons. The zero-order valence-electron chi connectivity index (χ0n) is 6.32. The first kappa shape index (κ1) is 7.93. The van der Waals surface area contributed by atoms with Crippen LogP contribution >= 0.6 is 11.6 Å². The SMILES string of the molecule is NNC1NC2=C(NCN2)C(Cl)N1. The van der Waals surface area contributed by atoms with Crippen LogP contribution in [0.2, 0.25) is 0 Å². The molecule has 2 aliphatic rings. The highest BCUT2D eigenvalue weighted by Crippen LogP contribution is 2.13. The molecule has 7 heteroatoms. The van der Waals surface area contributed by atoms with Crippen LogP contribution in [0.15, 0.2) is 11.5 Å². The molecule has 0 radical (unpaired) electrons. The Kier molecular flexibility index (Phi) is 1.97. The summed E-state index contributed by atoms with van der Waals surface area (Å²) < 4.78 is 0. The average Bonchev–Trinajstić information content (AvgIpc) is 2.52. The molecule has 0 spiro atoms. The number of rotatable bonds is 1. The molecule has 7 N–H and O–H groups in total. The monoisotopic (exact) mass is 190 g/mol. The van der Waals surface area contributed by atoms with Gasteiger partial charge in [-0.2, -0.15) is 0 Å². The van der Waals surface area contributed by atoms with Gasteiger partial charge in [-0.25, -0.2) is 5.43 Å². The molecule has 0 aromatic rings. The number of halogens is 1. The molecule has 0 fully saturated rings. The third-order valence-electron chi connectivity index (χ3n) is 1.84. The molecule has 0 saturated carbocycles. The normalized spacial score (nSPS) is 33.5. The molecule has 2 unspecified atom stereocenters. The molecule has 0 amide bonds. The molecule has 6 nitrogen and oxygen atoms in total. The van der Waals surface area contributed by atoms with Gasteiger partial charge in [0.25, 0.3) is 0 Å². The fourth-order valence-corrected chi connectivity index (χ4v) is 1.57. The van der Waals surface area contributed by atoms with Crippen LogP contribution in [0.25, 0.3) is 0 Å². The van der Waals surface area contributed by atoms with Crippen LogP contribution in [0.5, 0.6) is 0 Å². The second-order valence-corrected chi connectivity index (χ2v) is 3.03. The molecular weight excluding hydrogens is 180 g/mol. The molecule has 2 aliphatic heterocycles. The first-order valence-corrected chi connectivity index (χ1v) is 4.09. The van der Waals surface area contributed by atoms with E-state index in [9.17, 15) is 0 Å². The second kappa shape index (κ2) is 2.98. The molecule has 0 aromatic heterocycles. The van der Waals surface area contributed by atoms with Gasteiger partial charge < -0.3 is 16.0 Å². The van der Waals surface area contributed by atoms with Crippen molar-refractivity contribution in [3.63, 3.8) is 0 Å². The average molecular weight is 191 g/mol. The third kappa shape index (κ3) is 1.18. The van der Waals surface area contributed by atoms with Crippen LogP contribution in [-0.4, -0.2) is 18.5 Å². The number of alkyl halides is 1. The molecule has 0 saturated heterocycles. The summed E-state index contributed by atoms with van der Waals surface area (Å²) in [6, 6.07) is 0. The van der Waals surface area contributed by atoms with E-state index < -0.39 is 0 Å². The standard InChI is InChI=1S/C5H11ClN6/c6-3-2-4(9-1-8-2)11-5(10-3)12-7/h3,5,8-12H,1,7H2. The van der Waals surface area contributed by atoms with Crippen molar-refractivity contribution in [1.29, 1.82) is 0 Å². The van der Waals surface area contributed by atoms with Crippen molar-refractivity contribution in [3.8, 4) is 0 Å². The molecule has 2 heterocycles. The van der Waals surface area contributed by atoms with Crippen LogP contribution in [0, 0.1) is 0 Å². The van der Waals surface area contributed by atoms with Crippen LogP contribution in [0.4, 0.5) is 0 Å². The highest BCUT2D eigenvalue weighted by atomic mass is 35.5. The largest absolute Gasteiger partial charge is 0.366 e. The van der Waals surface area contributed by atoms with Crippen LogP contribution in [-0.2, 0) is 0 Å². The van der Waals surface area contributed by atoms with E-state index >= 15 is 0 Å². The Morgan fingerprint density at radius 2 is 2.33 bits per heavy atom. The maximum atomic E-state index is 5.98. The zero-order valence-corrected chi connectivity index (χ0v) is 7.07. The van der Waals surface area contributed by atoms with E-state index in [0.717, 1.165) is 11.5 Å². The summed E-state index contributed by atoms with van der Waals surface area (Å²) in [6.45, 7) is 0.694. The van der Waals surface area contributed by atoms with E-state index in [0.29, 0.717) is 6.67 Å². The fourth-order valence-electron chi connectivity index (χ4n) is 1.26. The van der Waals surface area contributed by atoms with E-state index in [1.54, 1.807) is 0 Å². The molecule has 2 atom stereocenters. The first-order chi connectivity index (χ1) is 5.81. The lowest BCUT2D eigenvalue weighted by Gasteiger charge is -2.29. The summed E-state index contributed by atoms with van der Waals surface area (Å²) in [5, 5.41) is 12.3. The van der Waals surface area contributed by atoms with E-state index in [1.165, 1.54) is 0 Å². The fraction of sp³-hybridized carbons (Fsp3) is 0.600. The highest BCUT2D eigenvalue weighted by Gasteiger charge is 2.28. The highest BCUT2D eigenvalue weighted by molar-refractivity contribution is 6.22. The van der Waals surface area contributed by atoms with E-state index in [1.807, 2.05) is 0 Å². The van der Waals surface area contributed by atoms with Crippen molar-refractivity contribution in [2.75, 3.05) is 6.67 Å². The summed E-state index contributed by atoms with van der Waals surface area (Å²) in [5.41, 5.74) is 3.23. The summed E-state index contributed by atoms with van der Waals surface area (Å²) in [4.78, 5) is 0. The van der Waals surface area contributed by atoms with Gasteiger partial charge >= 0.3 is 0 Å². The second-order valence-electron chi connectivity index (χ2n) is 2.59. The lowest BCUT2D eigenvalue weighted by Crippen LogP contribution is -2.61. The first-order valence-electron chi connectivity index (χ1n) is 3.66. The predicted molar refractivity (Wildman–Crippen MR) is 45.2 cm³/mol. The topological polar surface area (TPSA) is 86.2 Å².